The van der Waals surface area contributed by atoms with Crippen molar-refractivity contribution < 1.29 is 9.18 Å². The van der Waals surface area contributed by atoms with Gasteiger partial charge in [0.2, 0.25) is 5.91 Å². The number of carbonyl (C=O) groups is 1. The van der Waals surface area contributed by atoms with E-state index in [1.807, 2.05) is 0 Å². The summed E-state index contributed by atoms with van der Waals surface area (Å²) in [6.45, 7) is 2.54. The maximum atomic E-state index is 13.6. The molecule has 3 N–H and O–H groups in total. The average Bonchev–Trinajstić information content (AvgIpc) is 2.48. The molecule has 0 aliphatic carbocycles. The first-order valence-corrected chi connectivity index (χ1v) is 5.68. The number of nitrogens with one attached hydrogen (secondary N) is 1. The summed E-state index contributed by atoms with van der Waals surface area (Å²) in [5, 5.41) is 2.79. The lowest BCUT2D eigenvalue weighted by Crippen LogP contribution is -2.28. The minimum Gasteiger partial charge on any atom is -0.399 e. The summed E-state index contributed by atoms with van der Waals surface area (Å²) >= 11 is 0. The molecule has 2 rings (SSSR count). The van der Waals surface area contributed by atoms with Gasteiger partial charge in [0.1, 0.15) is 5.82 Å². The second kappa shape index (κ2) is 5.14. The van der Waals surface area contributed by atoms with Gasteiger partial charge in [-0.2, -0.15) is 0 Å². The quantitative estimate of drug-likeness (QED) is 0.745. The van der Waals surface area contributed by atoms with Gasteiger partial charge in [-0.25, -0.2) is 4.39 Å². The van der Waals surface area contributed by atoms with E-state index >= 15 is 0 Å². The first-order valence-electron chi connectivity index (χ1n) is 5.68. The molecule has 17 heavy (non-hydrogen) atoms. The van der Waals surface area contributed by atoms with Crippen molar-refractivity contribution in [3.8, 4) is 0 Å². The highest BCUT2D eigenvalue weighted by atomic mass is 19.1. The fourth-order valence-electron chi connectivity index (χ4n) is 1.90. The zero-order valence-electron chi connectivity index (χ0n) is 9.58. The third-order valence-electron chi connectivity index (χ3n) is 2.88. The Kier molecular flexibility index (Phi) is 3.58. The van der Waals surface area contributed by atoms with Gasteiger partial charge in [-0.05, 0) is 12.1 Å². The Morgan fingerprint density at radius 1 is 1.41 bits per heavy atom. The van der Waals surface area contributed by atoms with Gasteiger partial charge in [-0.3, -0.25) is 9.69 Å². The number of hydrogen-bond donors (Lipinski definition) is 2. The lowest BCUT2D eigenvalue weighted by atomic mass is 10.1. The van der Waals surface area contributed by atoms with E-state index in [9.17, 15) is 9.18 Å². The molecule has 4 nitrogen and oxygen atoms in total. The van der Waals surface area contributed by atoms with Crippen molar-refractivity contribution in [3.05, 3.63) is 29.6 Å². The summed E-state index contributed by atoms with van der Waals surface area (Å²) in [5.41, 5.74) is 6.54. The Labute approximate surface area is 99.6 Å². The zero-order chi connectivity index (χ0) is 12.3. The number of nitrogen functional groups attached to an aromatic ring is 1. The fraction of sp³-hybridized carbons (Fsp3) is 0.417. The molecule has 1 aliphatic rings. The van der Waals surface area contributed by atoms with Gasteiger partial charge < -0.3 is 11.1 Å². The van der Waals surface area contributed by atoms with Crippen molar-refractivity contribution >= 4 is 11.6 Å². The third-order valence-corrected chi connectivity index (χ3v) is 2.88. The molecule has 0 unspecified atom stereocenters. The number of carbonyl (C=O) groups excluding carboxylic acids is 1. The maximum absolute atomic E-state index is 13.6. The van der Waals surface area contributed by atoms with Crippen LogP contribution in [0.25, 0.3) is 0 Å². The predicted molar refractivity (Wildman–Crippen MR) is 63.7 cm³/mol. The molecular weight excluding hydrogens is 221 g/mol. The lowest BCUT2D eigenvalue weighted by molar-refractivity contribution is -0.120. The third kappa shape index (κ3) is 3.17. The van der Waals surface area contributed by atoms with E-state index in [0.29, 0.717) is 37.3 Å². The molecule has 0 radical (unpaired) electrons. The number of nitrogens with zero attached hydrogens (tertiary/aromatic N) is 1. The number of benzene rings is 1. The van der Waals surface area contributed by atoms with Crippen LogP contribution < -0.4 is 11.1 Å². The zero-order valence-corrected chi connectivity index (χ0v) is 9.58. The highest BCUT2D eigenvalue weighted by Gasteiger charge is 2.14. The molecule has 0 saturated carbocycles. The van der Waals surface area contributed by atoms with Crippen molar-refractivity contribution in [3.63, 3.8) is 0 Å². The van der Waals surface area contributed by atoms with Crippen molar-refractivity contribution in [2.24, 2.45) is 0 Å². The van der Waals surface area contributed by atoms with E-state index < -0.39 is 0 Å². The monoisotopic (exact) mass is 237 g/mol. The van der Waals surface area contributed by atoms with E-state index in [1.54, 1.807) is 12.1 Å². The van der Waals surface area contributed by atoms with Gasteiger partial charge in [0.05, 0.1) is 0 Å². The van der Waals surface area contributed by atoms with Gasteiger partial charge in [-0.1, -0.05) is 6.07 Å². The van der Waals surface area contributed by atoms with Crippen molar-refractivity contribution in [1.82, 2.24) is 10.2 Å². The van der Waals surface area contributed by atoms with Crippen LogP contribution in [0.1, 0.15) is 12.0 Å². The van der Waals surface area contributed by atoms with Crippen LogP contribution in [0, 0.1) is 5.82 Å². The Hall–Kier alpha value is -1.62. The number of amides is 1. The van der Waals surface area contributed by atoms with E-state index in [-0.39, 0.29) is 11.7 Å². The lowest BCUT2D eigenvalue weighted by Gasteiger charge is -2.19. The van der Waals surface area contributed by atoms with Crippen molar-refractivity contribution in [1.29, 1.82) is 0 Å². The summed E-state index contributed by atoms with van der Waals surface area (Å²) in [4.78, 5) is 13.2. The van der Waals surface area contributed by atoms with Crippen LogP contribution in [-0.2, 0) is 11.3 Å². The summed E-state index contributed by atoms with van der Waals surface area (Å²) in [6, 6.07) is 4.72. The van der Waals surface area contributed by atoms with Gasteiger partial charge in [0.25, 0.3) is 0 Å². The van der Waals surface area contributed by atoms with Gasteiger partial charge in [-0.15, -0.1) is 0 Å². The standard InChI is InChI=1S/C12H16FN3O/c13-11-7-10(14)2-1-9(11)8-16-5-3-12(17)15-4-6-16/h1-2,7H,3-6,8,14H2,(H,15,17). The summed E-state index contributed by atoms with van der Waals surface area (Å²) in [7, 11) is 0. The molecule has 0 atom stereocenters. The van der Waals surface area contributed by atoms with E-state index in [1.165, 1.54) is 6.07 Å². The largest absolute Gasteiger partial charge is 0.399 e. The summed E-state index contributed by atoms with van der Waals surface area (Å²) in [5.74, 6) is -0.223. The number of hydrogen-bond acceptors (Lipinski definition) is 3. The van der Waals surface area contributed by atoms with Crippen LogP contribution in [0.15, 0.2) is 18.2 Å². The van der Waals surface area contributed by atoms with Crippen LogP contribution >= 0.6 is 0 Å². The maximum Gasteiger partial charge on any atom is 0.221 e. The fourth-order valence-corrected chi connectivity index (χ4v) is 1.90. The number of halogens is 1. The van der Waals surface area contributed by atoms with Crippen LogP contribution in [0.4, 0.5) is 10.1 Å². The number of nitrogens with two attached hydrogens (primary N) is 1. The van der Waals surface area contributed by atoms with Crippen LogP contribution in [0.2, 0.25) is 0 Å². The molecule has 1 fully saturated rings. The molecule has 1 amide bonds. The van der Waals surface area contributed by atoms with Crippen molar-refractivity contribution in [2.45, 2.75) is 13.0 Å². The first kappa shape index (κ1) is 11.9. The molecule has 1 aliphatic heterocycles. The summed E-state index contributed by atoms with van der Waals surface area (Å²) in [6.07, 6.45) is 0.469. The molecular formula is C12H16FN3O. The minimum absolute atomic E-state index is 0.0604. The molecule has 1 saturated heterocycles. The predicted octanol–water partition coefficient (Wildman–Crippen LogP) is 0.730. The molecule has 1 heterocycles. The smallest absolute Gasteiger partial charge is 0.221 e. The Bertz CT molecular complexity index is 422. The van der Waals surface area contributed by atoms with E-state index in [0.717, 1.165) is 6.54 Å². The first-order chi connectivity index (χ1) is 8.15. The topological polar surface area (TPSA) is 58.4 Å². The molecule has 1 aromatic rings. The van der Waals surface area contributed by atoms with Gasteiger partial charge >= 0.3 is 0 Å². The molecule has 0 aromatic heterocycles. The van der Waals surface area contributed by atoms with Crippen molar-refractivity contribution in [2.75, 3.05) is 25.4 Å². The van der Waals surface area contributed by atoms with Crippen LogP contribution in [0.5, 0.6) is 0 Å². The van der Waals surface area contributed by atoms with Crippen LogP contribution in [-0.4, -0.2) is 30.4 Å². The molecule has 0 bridgehead atoms. The number of rotatable bonds is 2. The Balaban J connectivity index is 2.02. The average molecular weight is 237 g/mol. The number of anilines is 1. The molecule has 5 heteroatoms. The van der Waals surface area contributed by atoms with Crippen LogP contribution in [0.3, 0.4) is 0 Å². The Morgan fingerprint density at radius 2 is 2.24 bits per heavy atom. The second-order valence-corrected chi connectivity index (χ2v) is 4.23. The summed E-state index contributed by atoms with van der Waals surface area (Å²) < 4.78 is 13.6. The SMILES string of the molecule is Nc1ccc(CN2CCNC(=O)CC2)c(F)c1. The molecule has 92 valence electrons. The second-order valence-electron chi connectivity index (χ2n) is 4.23. The highest BCUT2D eigenvalue weighted by Crippen LogP contribution is 2.14. The van der Waals surface area contributed by atoms with Gasteiger partial charge in [0.15, 0.2) is 0 Å². The van der Waals surface area contributed by atoms with Gasteiger partial charge in [0, 0.05) is 43.9 Å². The Morgan fingerprint density at radius 3 is 3.00 bits per heavy atom. The normalized spacial score (nSPS) is 17.6. The van der Waals surface area contributed by atoms with E-state index in [2.05, 4.69) is 10.2 Å². The molecule has 0 spiro atoms. The highest BCUT2D eigenvalue weighted by molar-refractivity contribution is 5.76. The molecule has 1 aromatic carbocycles. The van der Waals surface area contributed by atoms with E-state index in [4.69, 9.17) is 5.73 Å². The minimum atomic E-state index is -0.284.